The summed E-state index contributed by atoms with van der Waals surface area (Å²) in [5.74, 6) is -0.00734. The molecule has 156 valence electrons. The fourth-order valence-electron chi connectivity index (χ4n) is 3.37. The van der Waals surface area contributed by atoms with Crippen molar-refractivity contribution in [3.8, 4) is 0 Å². The topological polar surface area (TPSA) is 81.3 Å². The van der Waals surface area contributed by atoms with Crippen molar-refractivity contribution in [3.63, 3.8) is 0 Å². The van der Waals surface area contributed by atoms with Gasteiger partial charge in [0.05, 0.1) is 10.4 Å². The summed E-state index contributed by atoms with van der Waals surface area (Å²) in [5, 5.41) is 0. The quantitative estimate of drug-likeness (QED) is 0.622. The molecule has 0 radical (unpaired) electrons. The van der Waals surface area contributed by atoms with Crippen LogP contribution >= 0.6 is 0 Å². The normalized spacial score (nSPS) is 14.4. The highest BCUT2D eigenvalue weighted by molar-refractivity contribution is 7.89. The minimum atomic E-state index is -3.80. The lowest BCUT2D eigenvalue weighted by Crippen LogP contribution is -2.31. The summed E-state index contributed by atoms with van der Waals surface area (Å²) in [4.78, 5) is 11.8. The molecule has 3 aromatic rings. The maximum Gasteiger partial charge on any atom is 0.419 e. The summed E-state index contributed by atoms with van der Waals surface area (Å²) < 4.78 is 35.4. The Labute approximate surface area is 171 Å². The second kappa shape index (κ2) is 8.16. The summed E-state index contributed by atoms with van der Waals surface area (Å²) in [6, 6.07) is 12.2. The summed E-state index contributed by atoms with van der Waals surface area (Å²) in [7, 11) is -2.22. The van der Waals surface area contributed by atoms with E-state index in [4.69, 9.17) is 4.42 Å². The Morgan fingerprint density at radius 3 is 2.24 bits per heavy atom. The van der Waals surface area contributed by atoms with Gasteiger partial charge in [0, 0.05) is 19.2 Å². The van der Waals surface area contributed by atoms with Gasteiger partial charge >= 0.3 is 5.76 Å². The largest absolute Gasteiger partial charge is 0.419 e. The predicted molar refractivity (Wildman–Crippen MR) is 115 cm³/mol. The van der Waals surface area contributed by atoms with E-state index in [1.165, 1.54) is 22.3 Å². The molecule has 29 heavy (non-hydrogen) atoms. The molecule has 0 aliphatic rings. The first-order chi connectivity index (χ1) is 13.6. The Balaban J connectivity index is 1.92. The number of aromatic nitrogens is 1. The third-order valence-electron chi connectivity index (χ3n) is 5.50. The molecule has 7 heteroatoms. The summed E-state index contributed by atoms with van der Waals surface area (Å²) >= 11 is 0. The van der Waals surface area contributed by atoms with E-state index in [1.807, 2.05) is 26.0 Å². The van der Waals surface area contributed by atoms with Gasteiger partial charge in [-0.2, -0.15) is 0 Å². The van der Waals surface area contributed by atoms with Crippen LogP contribution in [0.5, 0.6) is 0 Å². The van der Waals surface area contributed by atoms with Gasteiger partial charge in [-0.3, -0.25) is 4.57 Å². The number of hydrogen-bond acceptors (Lipinski definition) is 4. The third-order valence-corrected chi connectivity index (χ3v) is 6.94. The molecule has 1 N–H and O–H groups in total. The van der Waals surface area contributed by atoms with Gasteiger partial charge in [-0.15, -0.1) is 0 Å². The zero-order valence-corrected chi connectivity index (χ0v) is 18.3. The van der Waals surface area contributed by atoms with E-state index in [0.717, 1.165) is 12.0 Å². The van der Waals surface area contributed by atoms with Crippen LogP contribution in [0.1, 0.15) is 57.2 Å². The summed E-state index contributed by atoms with van der Waals surface area (Å²) in [6.45, 7) is 8.29. The van der Waals surface area contributed by atoms with E-state index in [2.05, 4.69) is 30.7 Å². The number of aryl methyl sites for hydroxylation is 1. The van der Waals surface area contributed by atoms with Crippen molar-refractivity contribution >= 4 is 21.1 Å². The van der Waals surface area contributed by atoms with E-state index < -0.39 is 15.8 Å². The van der Waals surface area contributed by atoms with E-state index >= 15 is 0 Å². The van der Waals surface area contributed by atoms with Crippen LogP contribution < -0.4 is 10.5 Å². The Morgan fingerprint density at radius 1 is 1.03 bits per heavy atom. The van der Waals surface area contributed by atoms with Gasteiger partial charge < -0.3 is 4.42 Å². The van der Waals surface area contributed by atoms with Crippen molar-refractivity contribution < 1.29 is 12.8 Å². The number of nitrogens with zero attached hydrogens (tertiary/aromatic N) is 1. The van der Waals surface area contributed by atoms with Gasteiger partial charge in [-0.1, -0.05) is 52.0 Å². The molecule has 2 atom stereocenters. The van der Waals surface area contributed by atoms with Crippen molar-refractivity contribution in [2.45, 2.75) is 51.0 Å². The van der Waals surface area contributed by atoms with Crippen LogP contribution in [0.25, 0.3) is 11.1 Å². The van der Waals surface area contributed by atoms with E-state index in [9.17, 15) is 13.2 Å². The SMILES string of the molecule is CC[C@@H](C)c1ccc([C@H](NS(=O)(=O)c2ccc3c(c2)oc(=O)n3C)C(C)C)cc1. The Morgan fingerprint density at radius 2 is 1.66 bits per heavy atom. The lowest BCUT2D eigenvalue weighted by Gasteiger charge is -2.23. The maximum absolute atomic E-state index is 13.0. The molecular weight excluding hydrogens is 388 g/mol. The molecule has 0 aliphatic heterocycles. The zero-order chi connectivity index (χ0) is 21.3. The molecule has 0 aliphatic carbocycles. The van der Waals surface area contributed by atoms with E-state index in [1.54, 1.807) is 13.1 Å². The van der Waals surface area contributed by atoms with Crippen molar-refractivity contribution in [3.05, 3.63) is 64.1 Å². The monoisotopic (exact) mass is 416 g/mol. The zero-order valence-electron chi connectivity index (χ0n) is 17.5. The Kier molecular flexibility index (Phi) is 6.00. The lowest BCUT2D eigenvalue weighted by molar-refractivity contribution is 0.463. The number of benzene rings is 2. The first-order valence-corrected chi connectivity index (χ1v) is 11.3. The fraction of sp³-hybridized carbons (Fsp3) is 0.409. The van der Waals surface area contributed by atoms with Crippen LogP contribution in [0.2, 0.25) is 0 Å². The van der Waals surface area contributed by atoms with Crippen LogP contribution in [0, 0.1) is 5.92 Å². The van der Waals surface area contributed by atoms with Gasteiger partial charge in [0.15, 0.2) is 5.58 Å². The van der Waals surface area contributed by atoms with Crippen molar-refractivity contribution in [1.82, 2.24) is 9.29 Å². The first-order valence-electron chi connectivity index (χ1n) is 9.85. The minimum Gasteiger partial charge on any atom is -0.408 e. The molecule has 0 saturated carbocycles. The van der Waals surface area contributed by atoms with E-state index in [-0.39, 0.29) is 22.4 Å². The summed E-state index contributed by atoms with van der Waals surface area (Å²) in [5.41, 5.74) is 2.96. The number of fused-ring (bicyclic) bond motifs is 1. The first kappa shape index (κ1) is 21.3. The second-order valence-corrected chi connectivity index (χ2v) is 9.59. The predicted octanol–water partition coefficient (Wildman–Crippen LogP) is 4.32. The maximum atomic E-state index is 13.0. The van der Waals surface area contributed by atoms with Crippen LogP contribution in [-0.4, -0.2) is 13.0 Å². The molecular formula is C22H28N2O4S. The van der Waals surface area contributed by atoms with Gasteiger partial charge in [0.2, 0.25) is 10.0 Å². The van der Waals surface area contributed by atoms with Crippen LogP contribution in [-0.2, 0) is 17.1 Å². The molecule has 0 amide bonds. The second-order valence-electron chi connectivity index (χ2n) is 7.88. The average molecular weight is 417 g/mol. The molecule has 3 rings (SSSR count). The summed E-state index contributed by atoms with van der Waals surface area (Å²) in [6.07, 6.45) is 1.05. The van der Waals surface area contributed by atoms with Crippen molar-refractivity contribution in [2.75, 3.05) is 0 Å². The molecule has 2 aromatic carbocycles. The Bertz CT molecular complexity index is 1160. The highest BCUT2D eigenvalue weighted by Gasteiger charge is 2.25. The van der Waals surface area contributed by atoms with Gasteiger partial charge in [-0.25, -0.2) is 17.9 Å². The number of sulfonamides is 1. The third kappa shape index (κ3) is 4.31. The van der Waals surface area contributed by atoms with Gasteiger partial charge in [0.1, 0.15) is 0 Å². The average Bonchev–Trinajstić information content (AvgIpc) is 2.99. The number of oxazole rings is 1. The van der Waals surface area contributed by atoms with Crippen LogP contribution in [0.4, 0.5) is 0 Å². The molecule has 0 fully saturated rings. The number of nitrogens with one attached hydrogen (secondary N) is 1. The lowest BCUT2D eigenvalue weighted by atomic mass is 9.93. The number of hydrogen-bond donors (Lipinski definition) is 1. The van der Waals surface area contributed by atoms with Crippen molar-refractivity contribution in [1.29, 1.82) is 0 Å². The standard InChI is InChI=1S/C22H28N2O4S/c1-6-15(4)16-7-9-17(10-8-16)21(14(2)3)23-29(26,27)18-11-12-19-20(13-18)28-22(25)24(19)5/h7-15,21,23H,6H2,1-5H3/t15-,21-/m1/s1. The van der Waals surface area contributed by atoms with Gasteiger partial charge in [0.25, 0.3) is 0 Å². The van der Waals surface area contributed by atoms with Crippen LogP contribution in [0.15, 0.2) is 56.6 Å². The molecule has 6 nitrogen and oxygen atoms in total. The van der Waals surface area contributed by atoms with Crippen molar-refractivity contribution in [2.24, 2.45) is 13.0 Å². The highest BCUT2D eigenvalue weighted by Crippen LogP contribution is 2.27. The van der Waals surface area contributed by atoms with E-state index in [0.29, 0.717) is 11.4 Å². The molecule has 0 unspecified atom stereocenters. The van der Waals surface area contributed by atoms with Gasteiger partial charge in [-0.05, 0) is 41.5 Å². The Hall–Kier alpha value is -2.38. The molecule has 1 aromatic heterocycles. The highest BCUT2D eigenvalue weighted by atomic mass is 32.2. The smallest absolute Gasteiger partial charge is 0.408 e. The molecule has 0 spiro atoms. The molecule has 0 saturated heterocycles. The molecule has 1 heterocycles. The van der Waals surface area contributed by atoms with Crippen LogP contribution in [0.3, 0.4) is 0 Å². The molecule has 0 bridgehead atoms. The minimum absolute atomic E-state index is 0.0533. The fourth-order valence-corrected chi connectivity index (χ4v) is 4.76. The number of rotatable bonds is 7.